The smallest absolute Gasteiger partial charge is 0.325 e. The largest absolute Gasteiger partial charge is 0.468 e. The number of aromatic nitrogens is 1. The van der Waals surface area contributed by atoms with Crippen LogP contribution in [0, 0.1) is 13.8 Å². The lowest BCUT2D eigenvalue weighted by Gasteiger charge is -2.05. The summed E-state index contributed by atoms with van der Waals surface area (Å²) in [6.45, 7) is 4.02. The lowest BCUT2D eigenvalue weighted by molar-refractivity contribution is -0.141. The van der Waals surface area contributed by atoms with Crippen LogP contribution in [0.3, 0.4) is 0 Å². The molecule has 2 heterocycles. The van der Waals surface area contributed by atoms with Crippen LogP contribution in [-0.2, 0) is 16.1 Å². The van der Waals surface area contributed by atoms with Gasteiger partial charge in [-0.25, -0.2) is 0 Å². The molecule has 1 aromatic carbocycles. The molecule has 3 aromatic rings. The average molecular weight is 395 g/mol. The molecule has 0 saturated carbocycles. The highest BCUT2D eigenvalue weighted by molar-refractivity contribution is 7.18. The fraction of sp³-hybridized carbons (Fsp3) is 0.235. The molecule has 0 bridgehead atoms. The molecule has 0 spiro atoms. The quantitative estimate of drug-likeness (QED) is 0.632. The summed E-state index contributed by atoms with van der Waals surface area (Å²) in [6.07, 6.45) is 0. The van der Waals surface area contributed by atoms with Crippen molar-refractivity contribution in [2.75, 3.05) is 7.11 Å². The van der Waals surface area contributed by atoms with Crippen molar-refractivity contribution in [1.29, 1.82) is 0 Å². The standard InChI is InChI=1S/C17H15ClN2O3S2/c1-9-6-11-13(7-10(9)2)25-17(20(11)8-15(21)23-3)19-16(22)12-4-5-14(18)24-12/h4-7H,8H2,1-3H3. The number of hydrogen-bond donors (Lipinski definition) is 0. The van der Waals surface area contributed by atoms with Crippen molar-refractivity contribution >= 4 is 56.4 Å². The van der Waals surface area contributed by atoms with Crippen molar-refractivity contribution in [3.8, 4) is 0 Å². The van der Waals surface area contributed by atoms with Gasteiger partial charge < -0.3 is 9.30 Å². The number of methoxy groups -OCH3 is 1. The molecular weight excluding hydrogens is 380 g/mol. The maximum Gasteiger partial charge on any atom is 0.325 e. The van der Waals surface area contributed by atoms with E-state index < -0.39 is 5.97 Å². The van der Waals surface area contributed by atoms with Crippen LogP contribution in [0.4, 0.5) is 0 Å². The second kappa shape index (κ2) is 7.11. The van der Waals surface area contributed by atoms with Crippen molar-refractivity contribution in [2.24, 2.45) is 4.99 Å². The first-order valence-electron chi connectivity index (χ1n) is 7.41. The number of carbonyl (C=O) groups is 2. The van der Waals surface area contributed by atoms with Crippen LogP contribution in [0.25, 0.3) is 10.2 Å². The maximum atomic E-state index is 12.4. The number of carbonyl (C=O) groups excluding carboxylic acids is 2. The number of aryl methyl sites for hydroxylation is 2. The summed E-state index contributed by atoms with van der Waals surface area (Å²) in [4.78, 5) is 29.3. The highest BCUT2D eigenvalue weighted by atomic mass is 35.5. The predicted octanol–water partition coefficient (Wildman–Crippen LogP) is 3.95. The monoisotopic (exact) mass is 394 g/mol. The van der Waals surface area contributed by atoms with Gasteiger partial charge in [0, 0.05) is 0 Å². The van der Waals surface area contributed by atoms with Crippen LogP contribution in [0.5, 0.6) is 0 Å². The molecule has 0 saturated heterocycles. The summed E-state index contributed by atoms with van der Waals surface area (Å²) in [5.41, 5.74) is 3.10. The van der Waals surface area contributed by atoms with Gasteiger partial charge in [0.05, 0.1) is 26.5 Å². The molecule has 0 N–H and O–H groups in total. The molecule has 1 amide bonds. The Kier molecular flexibility index (Phi) is 5.08. The molecule has 0 aliphatic rings. The lowest BCUT2D eigenvalue weighted by atomic mass is 10.1. The number of rotatable bonds is 3. The van der Waals surface area contributed by atoms with Gasteiger partial charge in [0.2, 0.25) is 0 Å². The van der Waals surface area contributed by atoms with Gasteiger partial charge in [-0.2, -0.15) is 4.99 Å². The number of thiazole rings is 1. The molecule has 5 nitrogen and oxygen atoms in total. The third kappa shape index (κ3) is 3.68. The SMILES string of the molecule is COC(=O)Cn1c(=NC(=O)c2ccc(Cl)s2)sc2cc(C)c(C)cc21. The average Bonchev–Trinajstić information content (AvgIpc) is 3.13. The van der Waals surface area contributed by atoms with E-state index in [-0.39, 0.29) is 12.5 Å². The van der Waals surface area contributed by atoms with Crippen molar-refractivity contribution in [3.63, 3.8) is 0 Å². The number of esters is 1. The summed E-state index contributed by atoms with van der Waals surface area (Å²) in [7, 11) is 1.34. The van der Waals surface area contributed by atoms with Crippen molar-refractivity contribution in [2.45, 2.75) is 20.4 Å². The number of amides is 1. The van der Waals surface area contributed by atoms with Crippen LogP contribution < -0.4 is 4.80 Å². The van der Waals surface area contributed by atoms with E-state index in [1.165, 1.54) is 29.8 Å². The number of fused-ring (bicyclic) bond motifs is 1. The van der Waals surface area contributed by atoms with Gasteiger partial charge in [-0.1, -0.05) is 22.9 Å². The van der Waals surface area contributed by atoms with Gasteiger partial charge in [0.15, 0.2) is 4.80 Å². The first kappa shape index (κ1) is 17.8. The maximum absolute atomic E-state index is 12.4. The summed E-state index contributed by atoms with van der Waals surface area (Å²) < 4.78 is 7.98. The number of thiophene rings is 1. The third-order valence-electron chi connectivity index (χ3n) is 3.79. The van der Waals surface area contributed by atoms with Crippen molar-refractivity contribution in [3.05, 3.63) is 49.4 Å². The van der Waals surface area contributed by atoms with Crippen molar-refractivity contribution < 1.29 is 14.3 Å². The van der Waals surface area contributed by atoms with Gasteiger partial charge in [-0.3, -0.25) is 9.59 Å². The molecule has 0 unspecified atom stereocenters. The predicted molar refractivity (Wildman–Crippen MR) is 101 cm³/mol. The molecule has 130 valence electrons. The Balaban J connectivity index is 2.18. The van der Waals surface area contributed by atoms with Crippen molar-refractivity contribution in [1.82, 2.24) is 4.57 Å². The van der Waals surface area contributed by atoms with E-state index in [1.807, 2.05) is 26.0 Å². The van der Waals surface area contributed by atoms with E-state index in [0.717, 1.165) is 21.3 Å². The highest BCUT2D eigenvalue weighted by Crippen LogP contribution is 2.24. The summed E-state index contributed by atoms with van der Waals surface area (Å²) in [6, 6.07) is 7.34. The Hall–Kier alpha value is -1.96. The minimum absolute atomic E-state index is 0.00366. The van der Waals surface area contributed by atoms with Gasteiger partial charge in [0.25, 0.3) is 5.91 Å². The molecule has 3 rings (SSSR count). The number of benzene rings is 1. The van der Waals surface area contributed by atoms with Crippen LogP contribution in [0.1, 0.15) is 20.8 Å². The molecule has 2 aromatic heterocycles. The number of ether oxygens (including phenoxy) is 1. The van der Waals surface area contributed by atoms with E-state index >= 15 is 0 Å². The van der Waals surface area contributed by atoms with Gasteiger partial charge in [0.1, 0.15) is 6.54 Å². The second-order valence-corrected chi connectivity index (χ2v) is 8.20. The Morgan fingerprint density at radius 3 is 2.56 bits per heavy atom. The summed E-state index contributed by atoms with van der Waals surface area (Å²) >= 11 is 8.43. The molecule has 0 fully saturated rings. The van der Waals surface area contributed by atoms with E-state index in [1.54, 1.807) is 16.7 Å². The normalized spacial score (nSPS) is 11.9. The molecule has 0 atom stereocenters. The zero-order chi connectivity index (χ0) is 18.1. The summed E-state index contributed by atoms with van der Waals surface area (Å²) in [5, 5.41) is 0. The van der Waals surface area contributed by atoms with Crippen LogP contribution >= 0.6 is 34.3 Å². The Bertz CT molecular complexity index is 1050. The topological polar surface area (TPSA) is 60.7 Å². The fourth-order valence-electron chi connectivity index (χ4n) is 2.32. The molecule has 0 radical (unpaired) electrons. The number of hydrogen-bond acceptors (Lipinski definition) is 5. The van der Waals surface area contributed by atoms with E-state index in [2.05, 4.69) is 4.99 Å². The Morgan fingerprint density at radius 2 is 1.92 bits per heavy atom. The van der Waals surface area contributed by atoms with E-state index in [9.17, 15) is 9.59 Å². The highest BCUT2D eigenvalue weighted by Gasteiger charge is 2.14. The Morgan fingerprint density at radius 1 is 1.20 bits per heavy atom. The minimum atomic E-state index is -0.397. The number of nitrogens with zero attached hydrogens (tertiary/aromatic N) is 2. The van der Waals surface area contributed by atoms with E-state index in [4.69, 9.17) is 16.3 Å². The molecular formula is C17H15ClN2O3S2. The fourth-order valence-corrected chi connectivity index (χ4v) is 4.36. The van der Waals surface area contributed by atoms with Gasteiger partial charge in [-0.15, -0.1) is 11.3 Å². The van der Waals surface area contributed by atoms with Crippen LogP contribution in [0.15, 0.2) is 29.3 Å². The zero-order valence-corrected chi connectivity index (χ0v) is 16.2. The molecule has 8 heteroatoms. The molecule has 0 aliphatic heterocycles. The molecule has 25 heavy (non-hydrogen) atoms. The van der Waals surface area contributed by atoms with Gasteiger partial charge in [-0.05, 0) is 49.2 Å². The lowest BCUT2D eigenvalue weighted by Crippen LogP contribution is -2.22. The Labute approximate surface area is 157 Å². The first-order valence-corrected chi connectivity index (χ1v) is 9.42. The van der Waals surface area contributed by atoms with Gasteiger partial charge >= 0.3 is 5.97 Å². The second-order valence-electron chi connectivity index (χ2n) is 5.47. The minimum Gasteiger partial charge on any atom is -0.468 e. The zero-order valence-electron chi connectivity index (χ0n) is 13.8. The van der Waals surface area contributed by atoms with Crippen LogP contribution in [-0.4, -0.2) is 23.6 Å². The van der Waals surface area contributed by atoms with E-state index in [0.29, 0.717) is 14.0 Å². The first-order chi connectivity index (χ1) is 11.9. The third-order valence-corrected chi connectivity index (χ3v) is 6.05. The molecule has 0 aliphatic carbocycles. The summed E-state index contributed by atoms with van der Waals surface area (Å²) in [5.74, 6) is -0.776. The van der Waals surface area contributed by atoms with Crippen LogP contribution in [0.2, 0.25) is 4.34 Å². The number of halogens is 1.